The maximum atomic E-state index is 4.22. The summed E-state index contributed by atoms with van der Waals surface area (Å²) in [5.41, 5.74) is 3.20. The molecule has 0 fully saturated rings. The van der Waals surface area contributed by atoms with Crippen LogP contribution < -0.4 is 5.32 Å². The number of H-pyrrole nitrogens is 1. The van der Waals surface area contributed by atoms with Gasteiger partial charge in [0.2, 0.25) is 0 Å². The van der Waals surface area contributed by atoms with Crippen LogP contribution in [0.25, 0.3) is 11.3 Å². The molecule has 0 radical (unpaired) electrons. The SMILES string of the molecule is CC(Cn1cccn1)NCc1cn[nH]c1-c1cccnc1. The lowest BCUT2D eigenvalue weighted by molar-refractivity contribution is 0.451. The normalized spacial score (nSPS) is 12.4. The molecule has 3 aromatic rings. The Balaban J connectivity index is 1.62. The lowest BCUT2D eigenvalue weighted by Crippen LogP contribution is -2.30. The van der Waals surface area contributed by atoms with Gasteiger partial charge in [-0.1, -0.05) is 0 Å². The smallest absolute Gasteiger partial charge is 0.0710 e. The zero-order valence-electron chi connectivity index (χ0n) is 11.9. The molecule has 3 rings (SSSR count). The van der Waals surface area contributed by atoms with E-state index in [1.165, 1.54) is 0 Å². The highest BCUT2D eigenvalue weighted by atomic mass is 15.3. The van der Waals surface area contributed by atoms with Gasteiger partial charge in [-0.05, 0) is 25.1 Å². The summed E-state index contributed by atoms with van der Waals surface area (Å²) in [5, 5.41) is 14.9. The van der Waals surface area contributed by atoms with E-state index in [0.717, 1.165) is 29.9 Å². The van der Waals surface area contributed by atoms with E-state index >= 15 is 0 Å². The molecule has 6 nitrogen and oxygen atoms in total. The summed E-state index contributed by atoms with van der Waals surface area (Å²) in [6, 6.07) is 6.20. The Hall–Kier alpha value is -2.47. The minimum Gasteiger partial charge on any atom is -0.308 e. The summed E-state index contributed by atoms with van der Waals surface area (Å²) in [6.45, 7) is 3.74. The van der Waals surface area contributed by atoms with Crippen molar-refractivity contribution in [2.24, 2.45) is 0 Å². The molecule has 0 spiro atoms. The molecular formula is C15H18N6. The highest BCUT2D eigenvalue weighted by Crippen LogP contribution is 2.19. The van der Waals surface area contributed by atoms with Crippen LogP contribution in [0.3, 0.4) is 0 Å². The predicted molar refractivity (Wildman–Crippen MR) is 80.3 cm³/mol. The highest BCUT2D eigenvalue weighted by molar-refractivity contribution is 5.61. The molecule has 0 saturated heterocycles. The first-order chi connectivity index (χ1) is 10.3. The molecule has 6 heteroatoms. The molecule has 0 amide bonds. The highest BCUT2D eigenvalue weighted by Gasteiger charge is 2.09. The molecule has 2 N–H and O–H groups in total. The molecule has 3 aromatic heterocycles. The van der Waals surface area contributed by atoms with E-state index in [4.69, 9.17) is 0 Å². The standard InChI is InChI=1S/C15H18N6/c1-12(11-21-7-3-6-19-21)17-9-14-10-18-20-15(14)13-4-2-5-16-8-13/h2-8,10,12,17H,9,11H2,1H3,(H,18,20). The minimum atomic E-state index is 0.321. The number of hydrogen-bond acceptors (Lipinski definition) is 4. The van der Waals surface area contributed by atoms with Crippen molar-refractivity contribution in [3.63, 3.8) is 0 Å². The fraction of sp³-hybridized carbons (Fsp3) is 0.267. The molecular weight excluding hydrogens is 264 g/mol. The number of nitrogens with one attached hydrogen (secondary N) is 2. The third-order valence-corrected chi connectivity index (χ3v) is 3.33. The van der Waals surface area contributed by atoms with Crippen molar-refractivity contribution in [2.75, 3.05) is 0 Å². The van der Waals surface area contributed by atoms with Gasteiger partial charge in [-0.2, -0.15) is 10.2 Å². The summed E-state index contributed by atoms with van der Waals surface area (Å²) in [6.07, 6.45) is 9.23. The van der Waals surface area contributed by atoms with Gasteiger partial charge in [0.15, 0.2) is 0 Å². The second kappa shape index (κ2) is 6.32. The van der Waals surface area contributed by atoms with Gasteiger partial charge in [0.25, 0.3) is 0 Å². The summed E-state index contributed by atoms with van der Waals surface area (Å²) < 4.78 is 1.93. The van der Waals surface area contributed by atoms with Gasteiger partial charge < -0.3 is 5.32 Å². The van der Waals surface area contributed by atoms with Crippen molar-refractivity contribution in [3.05, 3.63) is 54.7 Å². The number of hydrogen-bond donors (Lipinski definition) is 2. The molecule has 1 unspecified atom stereocenters. The Morgan fingerprint density at radius 3 is 3.00 bits per heavy atom. The lowest BCUT2D eigenvalue weighted by atomic mass is 10.1. The molecule has 0 aromatic carbocycles. The van der Waals surface area contributed by atoms with Crippen LogP contribution in [0, 0.1) is 0 Å². The first-order valence-electron chi connectivity index (χ1n) is 6.96. The van der Waals surface area contributed by atoms with E-state index in [9.17, 15) is 0 Å². The van der Waals surface area contributed by atoms with E-state index in [0.29, 0.717) is 6.04 Å². The third-order valence-electron chi connectivity index (χ3n) is 3.33. The summed E-state index contributed by atoms with van der Waals surface area (Å²) in [7, 11) is 0. The average Bonchev–Trinajstić information content (AvgIpc) is 3.17. The number of pyridine rings is 1. The van der Waals surface area contributed by atoms with Gasteiger partial charge in [0.1, 0.15) is 0 Å². The summed E-state index contributed by atoms with van der Waals surface area (Å²) >= 11 is 0. The largest absolute Gasteiger partial charge is 0.308 e. The molecule has 0 aliphatic carbocycles. The van der Waals surface area contributed by atoms with Crippen molar-refractivity contribution in [1.29, 1.82) is 0 Å². The van der Waals surface area contributed by atoms with Gasteiger partial charge >= 0.3 is 0 Å². The van der Waals surface area contributed by atoms with E-state index in [1.54, 1.807) is 12.4 Å². The van der Waals surface area contributed by atoms with E-state index in [-0.39, 0.29) is 0 Å². The summed E-state index contributed by atoms with van der Waals surface area (Å²) in [5.74, 6) is 0. The zero-order chi connectivity index (χ0) is 14.5. The monoisotopic (exact) mass is 282 g/mol. The van der Waals surface area contributed by atoms with Gasteiger partial charge in [-0.15, -0.1) is 0 Å². The Bertz CT molecular complexity index is 659. The van der Waals surface area contributed by atoms with Crippen LogP contribution >= 0.6 is 0 Å². The Kier molecular flexibility index (Phi) is 4.07. The van der Waals surface area contributed by atoms with Gasteiger partial charge in [-0.25, -0.2) is 0 Å². The fourth-order valence-corrected chi connectivity index (χ4v) is 2.24. The predicted octanol–water partition coefficient (Wildman–Crippen LogP) is 1.85. The maximum Gasteiger partial charge on any atom is 0.0710 e. The summed E-state index contributed by atoms with van der Waals surface area (Å²) in [4.78, 5) is 4.15. The lowest BCUT2D eigenvalue weighted by Gasteiger charge is -2.13. The topological polar surface area (TPSA) is 71.4 Å². The minimum absolute atomic E-state index is 0.321. The number of aromatic amines is 1. The third kappa shape index (κ3) is 3.35. The second-order valence-electron chi connectivity index (χ2n) is 5.02. The number of rotatable bonds is 6. The van der Waals surface area contributed by atoms with Crippen LogP contribution in [0.1, 0.15) is 12.5 Å². The molecule has 1 atom stereocenters. The quantitative estimate of drug-likeness (QED) is 0.724. The Morgan fingerprint density at radius 1 is 1.29 bits per heavy atom. The first kappa shape index (κ1) is 13.5. The van der Waals surface area contributed by atoms with Gasteiger partial charge in [0.05, 0.1) is 18.4 Å². The fourth-order valence-electron chi connectivity index (χ4n) is 2.24. The van der Waals surface area contributed by atoms with Gasteiger partial charge in [-0.3, -0.25) is 14.8 Å². The molecule has 3 heterocycles. The van der Waals surface area contributed by atoms with Crippen LogP contribution in [0.5, 0.6) is 0 Å². The first-order valence-corrected chi connectivity index (χ1v) is 6.96. The van der Waals surface area contributed by atoms with Crippen molar-refractivity contribution >= 4 is 0 Å². The van der Waals surface area contributed by atoms with Crippen LogP contribution in [0.15, 0.2) is 49.2 Å². The van der Waals surface area contributed by atoms with Crippen LogP contribution in [-0.4, -0.2) is 31.0 Å². The molecule has 108 valence electrons. The Labute approximate surface area is 123 Å². The second-order valence-corrected chi connectivity index (χ2v) is 5.02. The molecule has 0 aliphatic rings. The van der Waals surface area contributed by atoms with Crippen molar-refractivity contribution < 1.29 is 0 Å². The molecule has 0 aliphatic heterocycles. The van der Waals surface area contributed by atoms with Crippen LogP contribution in [0.2, 0.25) is 0 Å². The van der Waals surface area contributed by atoms with Gasteiger partial charge in [0, 0.05) is 48.5 Å². The number of nitrogens with zero attached hydrogens (tertiary/aromatic N) is 4. The van der Waals surface area contributed by atoms with Crippen molar-refractivity contribution in [3.8, 4) is 11.3 Å². The average molecular weight is 282 g/mol. The zero-order valence-corrected chi connectivity index (χ0v) is 11.9. The molecule has 0 saturated carbocycles. The Morgan fingerprint density at radius 2 is 2.24 bits per heavy atom. The van der Waals surface area contributed by atoms with E-state index in [2.05, 4.69) is 32.5 Å². The van der Waals surface area contributed by atoms with E-state index in [1.807, 2.05) is 41.5 Å². The molecule has 21 heavy (non-hydrogen) atoms. The maximum absolute atomic E-state index is 4.22. The van der Waals surface area contributed by atoms with E-state index < -0.39 is 0 Å². The van der Waals surface area contributed by atoms with Crippen molar-refractivity contribution in [1.82, 2.24) is 30.3 Å². The van der Waals surface area contributed by atoms with Crippen molar-refractivity contribution in [2.45, 2.75) is 26.1 Å². The molecule has 0 bridgehead atoms. The number of aromatic nitrogens is 5. The van der Waals surface area contributed by atoms with Crippen LogP contribution in [0.4, 0.5) is 0 Å². The van der Waals surface area contributed by atoms with Crippen LogP contribution in [-0.2, 0) is 13.1 Å².